The smallest absolute Gasteiger partial charge is 0.230 e. The molecule has 0 saturated heterocycles. The van der Waals surface area contributed by atoms with Crippen molar-refractivity contribution in [3.8, 4) is 0 Å². The molecule has 10 heteroatoms. The van der Waals surface area contributed by atoms with E-state index in [-0.39, 0.29) is 11.9 Å². The highest BCUT2D eigenvalue weighted by molar-refractivity contribution is 7.99. The fraction of sp³-hybridized carbons (Fsp3) is 0.357. The molecule has 0 aliphatic carbocycles. The predicted octanol–water partition coefficient (Wildman–Crippen LogP) is 1.92. The van der Waals surface area contributed by atoms with Crippen molar-refractivity contribution < 1.29 is 9.21 Å². The number of carbonyl (C=O) groups is 1. The van der Waals surface area contributed by atoms with E-state index in [1.54, 1.807) is 18.0 Å². The molecule has 2 aromatic heterocycles. The molecule has 5 N–H and O–H groups in total. The number of thioether (sulfide) groups is 2. The highest BCUT2D eigenvalue weighted by Gasteiger charge is 2.04. The van der Waals surface area contributed by atoms with Crippen LogP contribution in [0.4, 0.5) is 5.13 Å². The quantitative estimate of drug-likeness (QED) is 0.325. The second kappa shape index (κ2) is 10.3. The van der Waals surface area contributed by atoms with Gasteiger partial charge in [-0.25, -0.2) is 4.98 Å². The van der Waals surface area contributed by atoms with Crippen LogP contribution in [0.1, 0.15) is 11.5 Å². The zero-order chi connectivity index (χ0) is 17.2. The third-order valence-corrected chi connectivity index (χ3v) is 5.37. The number of carbonyl (C=O) groups excluding carboxylic acids is 1. The summed E-state index contributed by atoms with van der Waals surface area (Å²) in [5.41, 5.74) is 11.5. The largest absolute Gasteiger partial charge is 0.468 e. The van der Waals surface area contributed by atoms with E-state index in [0.29, 0.717) is 23.2 Å². The molecule has 0 aromatic carbocycles. The molecule has 2 heterocycles. The lowest BCUT2D eigenvalue weighted by molar-refractivity contribution is -0.118. The number of aromatic nitrogens is 1. The van der Waals surface area contributed by atoms with Crippen molar-refractivity contribution in [1.82, 2.24) is 10.3 Å². The van der Waals surface area contributed by atoms with E-state index in [1.165, 1.54) is 23.1 Å². The van der Waals surface area contributed by atoms with Crippen LogP contribution in [0.2, 0.25) is 0 Å². The zero-order valence-corrected chi connectivity index (χ0v) is 15.4. The summed E-state index contributed by atoms with van der Waals surface area (Å²) in [7, 11) is 0. The van der Waals surface area contributed by atoms with Crippen molar-refractivity contribution in [2.24, 2.45) is 16.5 Å². The van der Waals surface area contributed by atoms with E-state index >= 15 is 0 Å². The van der Waals surface area contributed by atoms with Gasteiger partial charge in [0.2, 0.25) is 11.0 Å². The standard InChI is InChI=1S/C14H19N5O2S3/c15-13(16)19-14-18-10(7-24-14)6-22-5-3-17-12(20)9-23-8-11-2-1-4-21-11/h1-2,4,7H,3,5-6,8-9H2,(H,17,20)(H4,15,16,18,19). The molecular weight excluding hydrogens is 366 g/mol. The molecule has 0 saturated carbocycles. The highest BCUT2D eigenvalue weighted by atomic mass is 32.2. The third kappa shape index (κ3) is 7.28. The Hall–Kier alpha value is -1.65. The highest BCUT2D eigenvalue weighted by Crippen LogP contribution is 2.21. The molecule has 0 radical (unpaired) electrons. The summed E-state index contributed by atoms with van der Waals surface area (Å²) in [5, 5.41) is 5.39. The van der Waals surface area contributed by atoms with Gasteiger partial charge < -0.3 is 21.2 Å². The summed E-state index contributed by atoms with van der Waals surface area (Å²) >= 11 is 4.63. The van der Waals surface area contributed by atoms with Crippen LogP contribution >= 0.6 is 34.9 Å². The van der Waals surface area contributed by atoms with Crippen LogP contribution in [0.25, 0.3) is 0 Å². The van der Waals surface area contributed by atoms with Gasteiger partial charge in [-0.15, -0.1) is 23.1 Å². The van der Waals surface area contributed by atoms with Crippen LogP contribution in [0.5, 0.6) is 0 Å². The van der Waals surface area contributed by atoms with E-state index in [9.17, 15) is 4.79 Å². The summed E-state index contributed by atoms with van der Waals surface area (Å²) < 4.78 is 5.21. The summed E-state index contributed by atoms with van der Waals surface area (Å²) in [6.07, 6.45) is 1.63. The number of aliphatic imine (C=N–C) groups is 1. The molecule has 0 bridgehead atoms. The molecule has 0 unspecified atom stereocenters. The van der Waals surface area contributed by atoms with Gasteiger partial charge in [-0.1, -0.05) is 0 Å². The Kier molecular flexibility index (Phi) is 7.99. The second-order valence-corrected chi connectivity index (χ2v) is 7.56. The number of nitrogens with one attached hydrogen (secondary N) is 1. The maximum absolute atomic E-state index is 11.7. The van der Waals surface area contributed by atoms with Gasteiger partial charge in [0.05, 0.1) is 23.5 Å². The first-order chi connectivity index (χ1) is 11.6. The molecule has 7 nitrogen and oxygen atoms in total. The van der Waals surface area contributed by atoms with E-state index in [1.807, 2.05) is 17.5 Å². The van der Waals surface area contributed by atoms with Gasteiger partial charge in [0.25, 0.3) is 0 Å². The topological polar surface area (TPSA) is 120 Å². The Morgan fingerprint density at radius 1 is 1.38 bits per heavy atom. The molecular formula is C14H19N5O2S3. The number of guanidine groups is 1. The summed E-state index contributed by atoms with van der Waals surface area (Å²) in [5.74, 6) is 3.65. The summed E-state index contributed by atoms with van der Waals surface area (Å²) in [4.78, 5) is 19.9. The van der Waals surface area contributed by atoms with Crippen molar-refractivity contribution in [3.05, 3.63) is 35.2 Å². The second-order valence-electron chi connectivity index (χ2n) is 4.63. The Labute approximate surface area is 152 Å². The third-order valence-electron chi connectivity index (χ3n) is 2.64. The van der Waals surface area contributed by atoms with E-state index in [4.69, 9.17) is 15.9 Å². The van der Waals surface area contributed by atoms with Gasteiger partial charge >= 0.3 is 0 Å². The first-order valence-electron chi connectivity index (χ1n) is 7.12. The number of hydrogen-bond donors (Lipinski definition) is 3. The average molecular weight is 386 g/mol. The molecule has 0 spiro atoms. The minimum atomic E-state index is 0.0104. The minimum absolute atomic E-state index is 0.0104. The lowest BCUT2D eigenvalue weighted by atomic mass is 10.5. The number of hydrogen-bond acceptors (Lipinski definition) is 7. The van der Waals surface area contributed by atoms with Crippen LogP contribution < -0.4 is 16.8 Å². The zero-order valence-electron chi connectivity index (χ0n) is 12.9. The molecule has 130 valence electrons. The molecule has 24 heavy (non-hydrogen) atoms. The average Bonchev–Trinajstić information content (AvgIpc) is 3.18. The van der Waals surface area contributed by atoms with Crippen LogP contribution in [0.15, 0.2) is 33.2 Å². The number of nitrogens with zero attached hydrogens (tertiary/aromatic N) is 2. The van der Waals surface area contributed by atoms with Gasteiger partial charge in [0, 0.05) is 23.4 Å². The fourth-order valence-corrected chi connectivity index (χ4v) is 3.97. The molecule has 2 aromatic rings. The SMILES string of the molecule is NC(N)=Nc1nc(CSCCNC(=O)CSCc2ccco2)cs1. The number of rotatable bonds is 10. The van der Waals surface area contributed by atoms with Gasteiger partial charge in [0.1, 0.15) is 5.76 Å². The molecule has 0 aliphatic heterocycles. The van der Waals surface area contributed by atoms with Gasteiger partial charge in [0.15, 0.2) is 5.96 Å². The number of amides is 1. The van der Waals surface area contributed by atoms with Crippen LogP contribution in [-0.2, 0) is 16.3 Å². The Balaban J connectivity index is 1.52. The molecule has 0 fully saturated rings. The lowest BCUT2D eigenvalue weighted by Gasteiger charge is -2.04. The Morgan fingerprint density at radius 2 is 2.25 bits per heavy atom. The van der Waals surface area contributed by atoms with Crippen LogP contribution in [-0.4, -0.2) is 34.9 Å². The fourth-order valence-electron chi connectivity index (χ4n) is 1.65. The number of nitrogens with two attached hydrogens (primary N) is 2. The summed E-state index contributed by atoms with van der Waals surface area (Å²) in [6.45, 7) is 0.635. The van der Waals surface area contributed by atoms with Crippen LogP contribution in [0.3, 0.4) is 0 Å². The van der Waals surface area contributed by atoms with Gasteiger partial charge in [-0.05, 0) is 12.1 Å². The van der Waals surface area contributed by atoms with Crippen LogP contribution in [0, 0.1) is 0 Å². The molecule has 2 rings (SSSR count). The summed E-state index contributed by atoms with van der Waals surface area (Å²) in [6, 6.07) is 3.74. The minimum Gasteiger partial charge on any atom is -0.468 e. The Morgan fingerprint density at radius 3 is 3.00 bits per heavy atom. The number of thiazole rings is 1. The maximum Gasteiger partial charge on any atom is 0.230 e. The molecule has 1 amide bonds. The first kappa shape index (κ1) is 18.7. The van der Waals surface area contributed by atoms with Crippen molar-refractivity contribution in [3.63, 3.8) is 0 Å². The van der Waals surface area contributed by atoms with E-state index < -0.39 is 0 Å². The van der Waals surface area contributed by atoms with Gasteiger partial charge in [-0.2, -0.15) is 16.8 Å². The molecule has 0 aliphatic rings. The van der Waals surface area contributed by atoms with Crippen molar-refractivity contribution in [2.45, 2.75) is 11.5 Å². The molecule has 0 atom stereocenters. The van der Waals surface area contributed by atoms with Gasteiger partial charge in [-0.3, -0.25) is 4.79 Å². The maximum atomic E-state index is 11.7. The lowest BCUT2D eigenvalue weighted by Crippen LogP contribution is -2.27. The number of furan rings is 1. The van der Waals surface area contributed by atoms with E-state index in [2.05, 4.69) is 15.3 Å². The van der Waals surface area contributed by atoms with Crippen molar-refractivity contribution in [2.75, 3.05) is 18.1 Å². The normalized spacial score (nSPS) is 10.5. The predicted molar refractivity (Wildman–Crippen MR) is 102 cm³/mol. The monoisotopic (exact) mass is 385 g/mol. The van der Waals surface area contributed by atoms with Crippen molar-refractivity contribution >= 4 is 51.9 Å². The Bertz CT molecular complexity index is 653. The van der Waals surface area contributed by atoms with E-state index in [0.717, 1.165) is 23.0 Å². The first-order valence-corrected chi connectivity index (χ1v) is 10.3. The van der Waals surface area contributed by atoms with Crippen molar-refractivity contribution in [1.29, 1.82) is 0 Å².